The molecule has 96 valence electrons. The number of nitrogens with two attached hydrogens (primary N) is 1. The number of likely N-dealkylation sites (N-methyl/N-ethyl adjacent to an activating group) is 1. The lowest BCUT2D eigenvalue weighted by Gasteiger charge is -2.28. The summed E-state index contributed by atoms with van der Waals surface area (Å²) in [6, 6.07) is 0.530. The van der Waals surface area contributed by atoms with Gasteiger partial charge in [0, 0.05) is 19.2 Å². The van der Waals surface area contributed by atoms with Crippen molar-refractivity contribution in [2.75, 3.05) is 26.7 Å². The first-order valence-corrected chi connectivity index (χ1v) is 6.20. The van der Waals surface area contributed by atoms with Gasteiger partial charge in [0.2, 0.25) is 0 Å². The van der Waals surface area contributed by atoms with Gasteiger partial charge in [-0.2, -0.15) is 0 Å². The highest BCUT2D eigenvalue weighted by atomic mass is 16.5. The average Bonchev–Trinajstić information content (AvgIpc) is 2.64. The number of rotatable bonds is 6. The zero-order valence-electron chi connectivity index (χ0n) is 10.8. The average molecular weight is 230 g/mol. The SMILES string of the molecule is CC1OCCC1N(C)CCCC(C)(O)CN. The Kier molecular flexibility index (Phi) is 5.18. The molecule has 4 nitrogen and oxygen atoms in total. The summed E-state index contributed by atoms with van der Waals surface area (Å²) in [4.78, 5) is 2.34. The minimum Gasteiger partial charge on any atom is -0.389 e. The van der Waals surface area contributed by atoms with E-state index in [1.165, 1.54) is 0 Å². The van der Waals surface area contributed by atoms with Crippen molar-refractivity contribution in [1.29, 1.82) is 0 Å². The third kappa shape index (κ3) is 4.01. The molecule has 1 fully saturated rings. The minimum atomic E-state index is -0.710. The molecule has 1 rings (SSSR count). The first-order valence-electron chi connectivity index (χ1n) is 6.20. The molecule has 0 saturated carbocycles. The van der Waals surface area contributed by atoms with Crippen LogP contribution in [0, 0.1) is 0 Å². The van der Waals surface area contributed by atoms with E-state index in [1.807, 2.05) is 0 Å². The van der Waals surface area contributed by atoms with Crippen molar-refractivity contribution in [3.05, 3.63) is 0 Å². The number of hydrogen-bond donors (Lipinski definition) is 2. The zero-order valence-corrected chi connectivity index (χ0v) is 10.8. The van der Waals surface area contributed by atoms with E-state index in [1.54, 1.807) is 6.92 Å². The van der Waals surface area contributed by atoms with Gasteiger partial charge in [0.1, 0.15) is 0 Å². The Hall–Kier alpha value is -0.160. The largest absolute Gasteiger partial charge is 0.389 e. The molecule has 3 N–H and O–H groups in total. The Bertz CT molecular complexity index is 209. The molecule has 4 heteroatoms. The Morgan fingerprint density at radius 3 is 2.75 bits per heavy atom. The fourth-order valence-corrected chi connectivity index (χ4v) is 2.28. The first kappa shape index (κ1) is 13.9. The zero-order chi connectivity index (χ0) is 12.2. The van der Waals surface area contributed by atoms with E-state index >= 15 is 0 Å². The van der Waals surface area contributed by atoms with Gasteiger partial charge < -0.3 is 20.5 Å². The Labute approximate surface area is 98.8 Å². The normalized spacial score (nSPS) is 29.6. The standard InChI is InChI=1S/C12H26N2O2/c1-10-11(5-8-16-10)14(3)7-4-6-12(2,15)9-13/h10-11,15H,4-9,13H2,1-3H3. The molecule has 0 amide bonds. The van der Waals surface area contributed by atoms with Crippen LogP contribution in [-0.4, -0.2) is 54.5 Å². The summed E-state index contributed by atoms with van der Waals surface area (Å²) < 4.78 is 5.54. The van der Waals surface area contributed by atoms with Crippen LogP contribution in [0.4, 0.5) is 0 Å². The number of ether oxygens (including phenoxy) is 1. The molecule has 3 atom stereocenters. The van der Waals surface area contributed by atoms with Crippen molar-refractivity contribution < 1.29 is 9.84 Å². The lowest BCUT2D eigenvalue weighted by molar-refractivity contribution is 0.0495. The van der Waals surface area contributed by atoms with E-state index in [4.69, 9.17) is 10.5 Å². The second-order valence-corrected chi connectivity index (χ2v) is 5.22. The van der Waals surface area contributed by atoms with E-state index < -0.39 is 5.60 Å². The predicted molar refractivity (Wildman–Crippen MR) is 65.4 cm³/mol. The molecule has 16 heavy (non-hydrogen) atoms. The third-order valence-corrected chi connectivity index (χ3v) is 3.57. The van der Waals surface area contributed by atoms with Crippen LogP contribution in [0.5, 0.6) is 0 Å². The van der Waals surface area contributed by atoms with Crippen LogP contribution in [0.15, 0.2) is 0 Å². The smallest absolute Gasteiger partial charge is 0.0741 e. The van der Waals surface area contributed by atoms with Gasteiger partial charge in [-0.1, -0.05) is 0 Å². The molecule has 1 aliphatic rings. The van der Waals surface area contributed by atoms with Gasteiger partial charge >= 0.3 is 0 Å². The summed E-state index contributed by atoms with van der Waals surface area (Å²) in [6.45, 7) is 6.13. The Morgan fingerprint density at radius 2 is 2.25 bits per heavy atom. The number of aliphatic hydroxyl groups is 1. The Morgan fingerprint density at radius 1 is 1.56 bits per heavy atom. The van der Waals surface area contributed by atoms with Gasteiger partial charge in [0.15, 0.2) is 0 Å². The van der Waals surface area contributed by atoms with Crippen molar-refractivity contribution in [3.8, 4) is 0 Å². The van der Waals surface area contributed by atoms with Gasteiger partial charge in [-0.25, -0.2) is 0 Å². The first-order chi connectivity index (χ1) is 7.46. The van der Waals surface area contributed by atoms with Crippen LogP contribution in [-0.2, 0) is 4.74 Å². The van der Waals surface area contributed by atoms with E-state index in [-0.39, 0.29) is 0 Å². The molecular weight excluding hydrogens is 204 g/mol. The second kappa shape index (κ2) is 5.96. The highest BCUT2D eigenvalue weighted by molar-refractivity contribution is 4.81. The molecule has 3 unspecified atom stereocenters. The van der Waals surface area contributed by atoms with Crippen molar-refractivity contribution in [3.63, 3.8) is 0 Å². The Balaban J connectivity index is 2.22. The fourth-order valence-electron chi connectivity index (χ4n) is 2.28. The molecule has 0 aromatic rings. The minimum absolute atomic E-state index is 0.333. The third-order valence-electron chi connectivity index (χ3n) is 3.57. The molecule has 0 aromatic heterocycles. The highest BCUT2D eigenvalue weighted by Gasteiger charge is 2.27. The summed E-state index contributed by atoms with van der Waals surface area (Å²) in [7, 11) is 2.13. The van der Waals surface area contributed by atoms with Crippen LogP contribution in [0.25, 0.3) is 0 Å². The lowest BCUT2D eigenvalue weighted by Crippen LogP contribution is -2.39. The van der Waals surface area contributed by atoms with Gasteiger partial charge in [-0.15, -0.1) is 0 Å². The topological polar surface area (TPSA) is 58.7 Å². The quantitative estimate of drug-likeness (QED) is 0.701. The molecule has 0 radical (unpaired) electrons. The van der Waals surface area contributed by atoms with Crippen LogP contribution >= 0.6 is 0 Å². The van der Waals surface area contributed by atoms with Gasteiger partial charge in [-0.3, -0.25) is 0 Å². The summed E-state index contributed by atoms with van der Waals surface area (Å²) in [5, 5.41) is 9.79. The predicted octanol–water partition coefficient (Wildman–Crippen LogP) is 0.586. The van der Waals surface area contributed by atoms with Crippen molar-refractivity contribution in [1.82, 2.24) is 4.90 Å². The van der Waals surface area contributed by atoms with Crippen LogP contribution in [0.2, 0.25) is 0 Å². The number of hydrogen-bond acceptors (Lipinski definition) is 4. The molecule has 1 heterocycles. The van der Waals surface area contributed by atoms with Gasteiger partial charge in [0.05, 0.1) is 11.7 Å². The van der Waals surface area contributed by atoms with Crippen molar-refractivity contribution in [2.24, 2.45) is 5.73 Å². The highest BCUT2D eigenvalue weighted by Crippen LogP contribution is 2.19. The summed E-state index contributed by atoms with van der Waals surface area (Å²) in [6.07, 6.45) is 3.19. The van der Waals surface area contributed by atoms with Crippen LogP contribution in [0.1, 0.15) is 33.1 Å². The second-order valence-electron chi connectivity index (χ2n) is 5.22. The lowest BCUT2D eigenvalue weighted by atomic mass is 10.00. The van der Waals surface area contributed by atoms with E-state index in [9.17, 15) is 5.11 Å². The maximum absolute atomic E-state index is 9.79. The van der Waals surface area contributed by atoms with Gasteiger partial charge in [-0.05, 0) is 46.7 Å². The van der Waals surface area contributed by atoms with Crippen molar-refractivity contribution >= 4 is 0 Å². The molecule has 0 spiro atoms. The number of nitrogens with zero attached hydrogens (tertiary/aromatic N) is 1. The maximum Gasteiger partial charge on any atom is 0.0741 e. The van der Waals surface area contributed by atoms with E-state index in [0.29, 0.717) is 18.7 Å². The van der Waals surface area contributed by atoms with Crippen LogP contribution in [0.3, 0.4) is 0 Å². The summed E-state index contributed by atoms with van der Waals surface area (Å²) >= 11 is 0. The molecule has 0 aliphatic carbocycles. The maximum atomic E-state index is 9.79. The summed E-state index contributed by atoms with van der Waals surface area (Å²) in [5.41, 5.74) is 4.77. The molecule has 1 saturated heterocycles. The molecule has 0 aromatic carbocycles. The fraction of sp³-hybridized carbons (Fsp3) is 1.00. The van der Waals surface area contributed by atoms with E-state index in [0.717, 1.165) is 32.4 Å². The molecular formula is C12H26N2O2. The molecule has 0 bridgehead atoms. The van der Waals surface area contributed by atoms with Crippen LogP contribution < -0.4 is 5.73 Å². The van der Waals surface area contributed by atoms with Gasteiger partial charge in [0.25, 0.3) is 0 Å². The van der Waals surface area contributed by atoms with E-state index in [2.05, 4.69) is 18.9 Å². The van der Waals surface area contributed by atoms with Crippen molar-refractivity contribution in [2.45, 2.75) is 50.9 Å². The molecule has 1 aliphatic heterocycles. The summed E-state index contributed by atoms with van der Waals surface area (Å²) in [5.74, 6) is 0. The monoisotopic (exact) mass is 230 g/mol.